The van der Waals surface area contributed by atoms with Crippen LogP contribution in [-0.2, 0) is 16.3 Å². The van der Waals surface area contributed by atoms with Crippen molar-refractivity contribution in [2.24, 2.45) is 0 Å². The lowest BCUT2D eigenvalue weighted by atomic mass is 10.1. The zero-order valence-electron chi connectivity index (χ0n) is 11.2. The second-order valence-corrected chi connectivity index (χ2v) is 6.41. The van der Waals surface area contributed by atoms with Crippen LogP contribution >= 0.6 is 0 Å². The molecule has 2 aromatic rings. The van der Waals surface area contributed by atoms with E-state index in [1.165, 1.54) is 12.1 Å². The van der Waals surface area contributed by atoms with Gasteiger partial charge in [-0.15, -0.1) is 0 Å². The van der Waals surface area contributed by atoms with Crippen LogP contribution in [0.25, 0.3) is 0 Å². The van der Waals surface area contributed by atoms with E-state index in [-0.39, 0.29) is 15.7 Å². The average molecular weight is 292 g/mol. The number of unbranched alkanes of at least 4 members (excludes halogenated alkanes) is 1. The van der Waals surface area contributed by atoms with Gasteiger partial charge in [-0.1, -0.05) is 25.5 Å². The van der Waals surface area contributed by atoms with Crippen molar-refractivity contribution in [2.75, 3.05) is 0 Å². The largest absolute Gasteiger partial charge is 0.442 e. The van der Waals surface area contributed by atoms with Crippen LogP contribution in [0.4, 0.5) is 0 Å². The van der Waals surface area contributed by atoms with Gasteiger partial charge in [-0.05, 0) is 42.7 Å². The number of rotatable bonds is 6. The van der Waals surface area contributed by atoms with Gasteiger partial charge in [0.1, 0.15) is 0 Å². The standard InChI is InChI=1S/C15H16O4S/c1-2-3-4-12-5-8-14(9-6-12)20(17,18)15-10-7-13(11-16)19-15/h5-11H,2-4H2,1H3. The van der Waals surface area contributed by atoms with Gasteiger partial charge in [0, 0.05) is 0 Å². The van der Waals surface area contributed by atoms with Gasteiger partial charge in [0.25, 0.3) is 0 Å². The summed E-state index contributed by atoms with van der Waals surface area (Å²) in [5.74, 6) is 0.00291. The molecule has 1 heterocycles. The van der Waals surface area contributed by atoms with E-state index < -0.39 is 9.84 Å². The molecule has 2 rings (SSSR count). The molecule has 0 unspecified atom stereocenters. The Hall–Kier alpha value is -1.88. The van der Waals surface area contributed by atoms with E-state index in [1.807, 2.05) is 12.1 Å². The van der Waals surface area contributed by atoms with Gasteiger partial charge in [0.2, 0.25) is 14.9 Å². The summed E-state index contributed by atoms with van der Waals surface area (Å²) in [5.41, 5.74) is 1.11. The molecule has 0 saturated heterocycles. The zero-order valence-corrected chi connectivity index (χ0v) is 12.0. The Morgan fingerprint density at radius 1 is 1.10 bits per heavy atom. The highest BCUT2D eigenvalue weighted by molar-refractivity contribution is 7.91. The number of aldehydes is 1. The molecule has 0 bridgehead atoms. The fourth-order valence-corrected chi connectivity index (χ4v) is 3.05. The Morgan fingerprint density at radius 3 is 2.35 bits per heavy atom. The van der Waals surface area contributed by atoms with Crippen molar-refractivity contribution in [3.63, 3.8) is 0 Å². The quantitative estimate of drug-likeness (QED) is 0.766. The molecule has 0 spiro atoms. The molecule has 0 aliphatic carbocycles. The first-order chi connectivity index (χ1) is 9.57. The zero-order chi connectivity index (χ0) is 14.6. The van der Waals surface area contributed by atoms with Crippen molar-refractivity contribution in [1.82, 2.24) is 0 Å². The maximum absolute atomic E-state index is 12.3. The molecule has 0 saturated carbocycles. The molecule has 1 aromatic carbocycles. The first-order valence-corrected chi connectivity index (χ1v) is 7.95. The summed E-state index contributed by atoms with van der Waals surface area (Å²) < 4.78 is 29.5. The molecule has 5 heteroatoms. The van der Waals surface area contributed by atoms with Crippen LogP contribution < -0.4 is 0 Å². The Labute approximate surface area is 118 Å². The van der Waals surface area contributed by atoms with E-state index in [1.54, 1.807) is 12.1 Å². The third-order valence-corrected chi connectivity index (χ3v) is 4.68. The number of carbonyl (C=O) groups is 1. The van der Waals surface area contributed by atoms with Crippen LogP contribution in [0.3, 0.4) is 0 Å². The second-order valence-electron chi connectivity index (χ2n) is 4.53. The van der Waals surface area contributed by atoms with Crippen LogP contribution in [0.2, 0.25) is 0 Å². The molecule has 0 fully saturated rings. The number of carbonyl (C=O) groups excluding carboxylic acids is 1. The first-order valence-electron chi connectivity index (χ1n) is 6.47. The lowest BCUT2D eigenvalue weighted by molar-refractivity contribution is 0.109. The summed E-state index contributed by atoms with van der Waals surface area (Å²) in [4.78, 5) is 10.7. The molecular weight excluding hydrogens is 276 g/mol. The normalized spacial score (nSPS) is 11.4. The lowest BCUT2D eigenvalue weighted by Gasteiger charge is -2.03. The topological polar surface area (TPSA) is 64.3 Å². The summed E-state index contributed by atoms with van der Waals surface area (Å²) in [7, 11) is -3.69. The van der Waals surface area contributed by atoms with Crippen LogP contribution in [-0.4, -0.2) is 14.7 Å². The summed E-state index contributed by atoms with van der Waals surface area (Å²) in [6.07, 6.45) is 3.59. The van der Waals surface area contributed by atoms with Gasteiger partial charge in [0.15, 0.2) is 12.0 Å². The Balaban J connectivity index is 2.27. The monoisotopic (exact) mass is 292 g/mol. The highest BCUT2D eigenvalue weighted by atomic mass is 32.2. The molecule has 0 radical (unpaired) electrons. The van der Waals surface area contributed by atoms with Crippen molar-refractivity contribution in [3.8, 4) is 0 Å². The number of hydrogen-bond donors (Lipinski definition) is 0. The average Bonchev–Trinajstić information content (AvgIpc) is 2.95. The maximum atomic E-state index is 12.3. The molecule has 0 aliphatic rings. The van der Waals surface area contributed by atoms with Crippen LogP contribution in [0.15, 0.2) is 50.8 Å². The maximum Gasteiger partial charge on any atom is 0.239 e. The number of furan rings is 1. The highest BCUT2D eigenvalue weighted by Crippen LogP contribution is 2.23. The van der Waals surface area contributed by atoms with Crippen molar-refractivity contribution >= 4 is 16.1 Å². The first kappa shape index (κ1) is 14.5. The van der Waals surface area contributed by atoms with Gasteiger partial charge in [-0.25, -0.2) is 8.42 Å². The minimum absolute atomic E-state index is 0.00291. The highest BCUT2D eigenvalue weighted by Gasteiger charge is 2.21. The lowest BCUT2D eigenvalue weighted by Crippen LogP contribution is -2.00. The van der Waals surface area contributed by atoms with E-state index in [9.17, 15) is 13.2 Å². The van der Waals surface area contributed by atoms with Crippen molar-refractivity contribution in [3.05, 3.63) is 47.7 Å². The van der Waals surface area contributed by atoms with Gasteiger partial charge in [0.05, 0.1) is 4.90 Å². The fourth-order valence-electron chi connectivity index (χ4n) is 1.87. The van der Waals surface area contributed by atoms with Gasteiger partial charge in [-0.3, -0.25) is 4.79 Å². The molecular formula is C15H16O4S. The third-order valence-electron chi connectivity index (χ3n) is 3.04. The Morgan fingerprint density at radius 2 is 1.80 bits per heavy atom. The SMILES string of the molecule is CCCCc1ccc(S(=O)(=O)c2ccc(C=O)o2)cc1. The van der Waals surface area contributed by atoms with Crippen LogP contribution in [0.1, 0.15) is 35.9 Å². The molecule has 0 atom stereocenters. The molecule has 0 amide bonds. The van der Waals surface area contributed by atoms with E-state index >= 15 is 0 Å². The molecule has 4 nitrogen and oxygen atoms in total. The summed E-state index contributed by atoms with van der Waals surface area (Å²) in [5, 5.41) is -0.207. The number of hydrogen-bond acceptors (Lipinski definition) is 4. The van der Waals surface area contributed by atoms with Crippen molar-refractivity contribution < 1.29 is 17.6 Å². The number of benzene rings is 1. The minimum Gasteiger partial charge on any atom is -0.442 e. The fraction of sp³-hybridized carbons (Fsp3) is 0.267. The van der Waals surface area contributed by atoms with E-state index in [4.69, 9.17) is 4.42 Å². The molecule has 0 N–H and O–H groups in total. The predicted molar refractivity (Wildman–Crippen MR) is 74.6 cm³/mol. The summed E-state index contributed by atoms with van der Waals surface area (Å²) >= 11 is 0. The molecule has 20 heavy (non-hydrogen) atoms. The van der Waals surface area contributed by atoms with Gasteiger partial charge in [-0.2, -0.15) is 0 Å². The van der Waals surface area contributed by atoms with Crippen LogP contribution in [0.5, 0.6) is 0 Å². The Kier molecular flexibility index (Phi) is 4.39. The van der Waals surface area contributed by atoms with E-state index in [0.717, 1.165) is 24.8 Å². The molecule has 1 aromatic heterocycles. The van der Waals surface area contributed by atoms with Crippen LogP contribution in [0, 0.1) is 0 Å². The molecule has 0 aliphatic heterocycles. The Bertz CT molecular complexity index is 681. The van der Waals surface area contributed by atoms with Gasteiger partial charge >= 0.3 is 0 Å². The minimum atomic E-state index is -3.69. The van der Waals surface area contributed by atoms with E-state index in [0.29, 0.717) is 6.29 Å². The van der Waals surface area contributed by atoms with Gasteiger partial charge < -0.3 is 4.42 Å². The third kappa shape index (κ3) is 2.99. The number of sulfone groups is 1. The smallest absolute Gasteiger partial charge is 0.239 e. The second kappa shape index (κ2) is 6.05. The number of aryl methyl sites for hydroxylation is 1. The molecule has 106 valence electrons. The van der Waals surface area contributed by atoms with E-state index in [2.05, 4.69) is 6.92 Å². The summed E-state index contributed by atoms with van der Waals surface area (Å²) in [6.45, 7) is 2.11. The van der Waals surface area contributed by atoms with Crippen molar-refractivity contribution in [1.29, 1.82) is 0 Å². The predicted octanol–water partition coefficient (Wildman–Crippen LogP) is 3.27. The van der Waals surface area contributed by atoms with Crippen molar-refractivity contribution in [2.45, 2.75) is 36.2 Å². The summed E-state index contributed by atoms with van der Waals surface area (Å²) in [6, 6.07) is 9.41.